The van der Waals surface area contributed by atoms with Crippen LogP contribution in [0.2, 0.25) is 0 Å². The van der Waals surface area contributed by atoms with Crippen molar-refractivity contribution in [3.05, 3.63) is 156 Å². The van der Waals surface area contributed by atoms with E-state index in [0.29, 0.717) is 0 Å². The molecule has 0 amide bonds. The minimum Gasteiger partial charge on any atom is -0.103 e. The van der Waals surface area contributed by atoms with Gasteiger partial charge in [0.15, 0.2) is 0 Å². The van der Waals surface area contributed by atoms with Crippen LogP contribution in [-0.4, -0.2) is 0 Å². The summed E-state index contributed by atoms with van der Waals surface area (Å²) in [7, 11) is 0. The van der Waals surface area contributed by atoms with Crippen molar-refractivity contribution in [2.75, 3.05) is 0 Å². The summed E-state index contributed by atoms with van der Waals surface area (Å²) in [5.74, 6) is 0. The smallest absolute Gasteiger partial charge is 0.0146 e. The van der Waals surface area contributed by atoms with Crippen molar-refractivity contribution < 1.29 is 0 Å². The van der Waals surface area contributed by atoms with Gasteiger partial charge in [-0.05, 0) is 75.4 Å². The van der Waals surface area contributed by atoms with Crippen LogP contribution in [0.15, 0.2) is 128 Å². The van der Waals surface area contributed by atoms with E-state index in [4.69, 9.17) is 0 Å². The van der Waals surface area contributed by atoms with E-state index < -0.39 is 0 Å². The lowest BCUT2D eigenvalue weighted by Gasteiger charge is -2.27. The zero-order chi connectivity index (χ0) is 25.7. The molecule has 5 aromatic carbocycles. The third-order valence-corrected chi connectivity index (χ3v) is 7.67. The van der Waals surface area contributed by atoms with E-state index in [-0.39, 0.29) is 5.41 Å². The molecule has 0 bridgehead atoms. The second-order valence-electron chi connectivity index (χ2n) is 10.6. The molecule has 0 saturated heterocycles. The quantitative estimate of drug-likeness (QED) is 0.145. The van der Waals surface area contributed by atoms with Crippen LogP contribution in [0.5, 0.6) is 0 Å². The topological polar surface area (TPSA) is 0 Å². The number of hydrogen-bond acceptors (Lipinski definition) is 0. The highest BCUT2D eigenvalue weighted by molar-refractivity contribution is 5.86. The molecule has 5 rings (SSSR count). The van der Waals surface area contributed by atoms with Crippen molar-refractivity contribution in [1.82, 2.24) is 0 Å². The fourth-order valence-electron chi connectivity index (χ4n) is 5.32. The Hall–Kier alpha value is -3.90. The number of unbranched alkanes of at least 4 members (excludes halogenated alkanes) is 1. The Labute approximate surface area is 222 Å². The van der Waals surface area contributed by atoms with Crippen LogP contribution >= 0.6 is 0 Å². The molecule has 184 valence electrons. The maximum Gasteiger partial charge on any atom is 0.0146 e. The molecule has 0 atom stereocenters. The lowest BCUT2D eigenvalue weighted by atomic mass is 9.77. The van der Waals surface area contributed by atoms with E-state index in [1.807, 2.05) is 6.08 Å². The number of allylic oxidation sites excluding steroid dienone is 1. The molecule has 0 radical (unpaired) electrons. The first-order valence-corrected chi connectivity index (χ1v) is 13.4. The summed E-state index contributed by atoms with van der Waals surface area (Å²) in [5, 5.41) is 2.64. The first-order valence-electron chi connectivity index (χ1n) is 13.4. The van der Waals surface area contributed by atoms with Gasteiger partial charge in [-0.15, -0.1) is 6.58 Å². The first kappa shape index (κ1) is 24.8. The lowest BCUT2D eigenvalue weighted by molar-refractivity contribution is 0.640. The summed E-state index contributed by atoms with van der Waals surface area (Å²) >= 11 is 0. The van der Waals surface area contributed by atoms with Gasteiger partial charge in [-0.25, -0.2) is 0 Å². The molecule has 5 aromatic rings. The Kier molecular flexibility index (Phi) is 7.37. The van der Waals surface area contributed by atoms with Gasteiger partial charge in [0.05, 0.1) is 0 Å². The van der Waals surface area contributed by atoms with Gasteiger partial charge in [0.25, 0.3) is 0 Å². The molecule has 0 fully saturated rings. The van der Waals surface area contributed by atoms with E-state index in [1.54, 1.807) is 0 Å². The van der Waals surface area contributed by atoms with Crippen LogP contribution in [-0.2, 0) is 18.3 Å². The largest absolute Gasteiger partial charge is 0.103 e. The van der Waals surface area contributed by atoms with Crippen molar-refractivity contribution in [3.63, 3.8) is 0 Å². The van der Waals surface area contributed by atoms with E-state index in [0.717, 1.165) is 25.7 Å². The fraction of sp³-hybridized carbons (Fsp3) is 0.189. The van der Waals surface area contributed by atoms with Crippen molar-refractivity contribution in [3.8, 4) is 11.1 Å². The Morgan fingerprint density at radius 3 is 2.16 bits per heavy atom. The fourth-order valence-corrected chi connectivity index (χ4v) is 5.32. The number of hydrogen-bond donors (Lipinski definition) is 0. The zero-order valence-corrected chi connectivity index (χ0v) is 22.1. The van der Waals surface area contributed by atoms with Gasteiger partial charge in [0, 0.05) is 5.41 Å². The monoisotopic (exact) mass is 480 g/mol. The molecule has 0 aliphatic heterocycles. The molecule has 0 aliphatic rings. The maximum absolute atomic E-state index is 3.84. The molecular formula is C37H36. The van der Waals surface area contributed by atoms with Crippen LogP contribution in [0.3, 0.4) is 0 Å². The summed E-state index contributed by atoms with van der Waals surface area (Å²) in [4.78, 5) is 0. The highest BCUT2D eigenvalue weighted by Gasteiger charge is 2.23. The highest BCUT2D eigenvalue weighted by atomic mass is 14.3. The molecule has 0 heteroatoms. The summed E-state index contributed by atoms with van der Waals surface area (Å²) in [6.07, 6.45) is 6.28. The normalized spacial score (nSPS) is 11.5. The standard InChI is InChI=1S/C37H36/c1-4-5-6-12-28-21-23-34(24-22-28)37(2,3)35-19-11-17-32(27-35)31-16-9-13-29(25-31)26-33-18-10-15-30-14-7-8-20-36(30)33/h4,7-11,13-25,27H,1,5-6,12,26H2,2-3H3. The van der Waals surface area contributed by atoms with Gasteiger partial charge in [0.2, 0.25) is 0 Å². The summed E-state index contributed by atoms with van der Waals surface area (Å²) in [6, 6.07) is 42.6. The van der Waals surface area contributed by atoms with Crippen LogP contribution in [0.1, 0.15) is 54.5 Å². The average Bonchev–Trinajstić information content (AvgIpc) is 2.94. The SMILES string of the molecule is C=CCCCc1ccc(C(C)(C)c2cccc(-c3cccc(Cc4cccc5ccccc45)c3)c2)cc1. The van der Waals surface area contributed by atoms with E-state index in [2.05, 4.69) is 136 Å². The molecule has 0 nitrogen and oxygen atoms in total. The van der Waals surface area contributed by atoms with Gasteiger partial charge < -0.3 is 0 Å². The number of rotatable bonds is 9. The van der Waals surface area contributed by atoms with Crippen molar-refractivity contribution in [2.45, 2.75) is 44.9 Å². The lowest BCUT2D eigenvalue weighted by Crippen LogP contribution is -2.18. The first-order chi connectivity index (χ1) is 18.0. The van der Waals surface area contributed by atoms with Crippen molar-refractivity contribution >= 4 is 10.8 Å². The van der Waals surface area contributed by atoms with E-state index in [9.17, 15) is 0 Å². The molecule has 0 aliphatic carbocycles. The van der Waals surface area contributed by atoms with E-state index >= 15 is 0 Å². The Balaban J connectivity index is 1.39. The number of benzene rings is 5. The molecule has 0 aromatic heterocycles. The Morgan fingerprint density at radius 2 is 1.35 bits per heavy atom. The van der Waals surface area contributed by atoms with E-state index in [1.165, 1.54) is 49.7 Å². The minimum atomic E-state index is -0.0732. The van der Waals surface area contributed by atoms with Crippen LogP contribution in [0.25, 0.3) is 21.9 Å². The average molecular weight is 481 g/mol. The third-order valence-electron chi connectivity index (χ3n) is 7.67. The molecule has 37 heavy (non-hydrogen) atoms. The van der Waals surface area contributed by atoms with Crippen molar-refractivity contribution in [1.29, 1.82) is 0 Å². The second-order valence-corrected chi connectivity index (χ2v) is 10.6. The molecule has 0 spiro atoms. The number of fused-ring (bicyclic) bond motifs is 1. The zero-order valence-electron chi connectivity index (χ0n) is 22.1. The maximum atomic E-state index is 3.84. The van der Waals surface area contributed by atoms with Gasteiger partial charge in [-0.1, -0.05) is 135 Å². The summed E-state index contributed by atoms with van der Waals surface area (Å²) in [6.45, 7) is 8.49. The minimum absolute atomic E-state index is 0.0732. The molecule has 0 unspecified atom stereocenters. The molecular weight excluding hydrogens is 444 g/mol. The Bertz CT molecular complexity index is 1500. The summed E-state index contributed by atoms with van der Waals surface area (Å²) < 4.78 is 0. The predicted octanol–water partition coefficient (Wildman–Crippen LogP) is 9.93. The van der Waals surface area contributed by atoms with Gasteiger partial charge in [-0.2, -0.15) is 0 Å². The molecule has 0 saturated carbocycles. The van der Waals surface area contributed by atoms with Crippen LogP contribution in [0, 0.1) is 0 Å². The van der Waals surface area contributed by atoms with Crippen LogP contribution < -0.4 is 0 Å². The van der Waals surface area contributed by atoms with Crippen molar-refractivity contribution in [2.24, 2.45) is 0 Å². The Morgan fingerprint density at radius 1 is 0.649 bits per heavy atom. The van der Waals surface area contributed by atoms with Gasteiger partial charge >= 0.3 is 0 Å². The number of aryl methyl sites for hydroxylation is 1. The second kappa shape index (κ2) is 11.0. The predicted molar refractivity (Wildman–Crippen MR) is 160 cm³/mol. The molecule has 0 N–H and O–H groups in total. The third kappa shape index (κ3) is 5.59. The molecule has 0 heterocycles. The van der Waals surface area contributed by atoms with Gasteiger partial charge in [0.1, 0.15) is 0 Å². The highest BCUT2D eigenvalue weighted by Crippen LogP contribution is 2.34. The van der Waals surface area contributed by atoms with Crippen LogP contribution in [0.4, 0.5) is 0 Å². The van der Waals surface area contributed by atoms with Gasteiger partial charge in [-0.3, -0.25) is 0 Å². The summed E-state index contributed by atoms with van der Waals surface area (Å²) in [5.41, 5.74) is 9.27.